The van der Waals surface area contributed by atoms with Gasteiger partial charge in [-0.3, -0.25) is 0 Å². The van der Waals surface area contributed by atoms with Gasteiger partial charge in [-0.15, -0.1) is 0 Å². The van der Waals surface area contributed by atoms with Crippen molar-refractivity contribution in [3.8, 4) is 0 Å². The topological polar surface area (TPSA) is 55.7 Å². The Hall–Kier alpha value is -1.36. The van der Waals surface area contributed by atoms with Crippen molar-refractivity contribution in [2.75, 3.05) is 12.9 Å². The molecular formula is C12H13NO3S. The van der Waals surface area contributed by atoms with Crippen LogP contribution in [0.4, 0.5) is 5.69 Å². The van der Waals surface area contributed by atoms with Gasteiger partial charge >= 0.3 is 5.97 Å². The first-order valence-electron chi connectivity index (χ1n) is 5.60. The average molecular weight is 251 g/mol. The third-order valence-electron chi connectivity index (χ3n) is 3.40. The Labute approximate surface area is 100 Å². The summed E-state index contributed by atoms with van der Waals surface area (Å²) in [7, 11) is -0.735. The van der Waals surface area contributed by atoms with Crippen molar-refractivity contribution >= 4 is 21.4 Å². The third-order valence-corrected chi connectivity index (χ3v) is 6.15. The number of ether oxygens (including phenoxy) is 1. The molecule has 17 heavy (non-hydrogen) atoms. The molecule has 0 amide bonds. The molecule has 2 aliphatic heterocycles. The lowest BCUT2D eigenvalue weighted by Crippen LogP contribution is -2.04. The number of benzene rings is 1. The van der Waals surface area contributed by atoms with Crippen molar-refractivity contribution in [3.63, 3.8) is 0 Å². The molecule has 2 heterocycles. The molecule has 5 heteroatoms. The molecule has 0 radical (unpaired) electrons. The van der Waals surface area contributed by atoms with Gasteiger partial charge in [0.2, 0.25) is 0 Å². The van der Waals surface area contributed by atoms with Crippen LogP contribution in [0.15, 0.2) is 22.6 Å². The molecule has 2 aliphatic rings. The van der Waals surface area contributed by atoms with Gasteiger partial charge in [-0.05, 0) is 36.6 Å². The maximum absolute atomic E-state index is 12.5. The summed E-state index contributed by atoms with van der Waals surface area (Å²) in [6.45, 7) is 0. The highest BCUT2D eigenvalue weighted by molar-refractivity contribution is 7.94. The molecule has 1 aromatic rings. The number of carbonyl (C=O) groups excluding carboxylic acids is 1. The number of rotatable bonds is 1. The van der Waals surface area contributed by atoms with Crippen molar-refractivity contribution in [1.82, 2.24) is 0 Å². The van der Waals surface area contributed by atoms with Crippen LogP contribution in [-0.4, -0.2) is 23.0 Å². The van der Waals surface area contributed by atoms with Crippen molar-refractivity contribution in [2.45, 2.75) is 18.1 Å². The van der Waals surface area contributed by atoms with Crippen LogP contribution in [0.1, 0.15) is 34.0 Å². The summed E-state index contributed by atoms with van der Waals surface area (Å²) in [6.07, 6.45) is 1.86. The minimum Gasteiger partial charge on any atom is -0.465 e. The van der Waals surface area contributed by atoms with Crippen molar-refractivity contribution in [2.24, 2.45) is 4.36 Å². The largest absolute Gasteiger partial charge is 0.465 e. The third kappa shape index (κ3) is 1.49. The molecule has 4 nitrogen and oxygen atoms in total. The van der Waals surface area contributed by atoms with Crippen LogP contribution in [0.25, 0.3) is 0 Å². The predicted octanol–water partition coefficient (Wildman–Crippen LogP) is 2.42. The lowest BCUT2D eigenvalue weighted by atomic mass is 10.0. The molecule has 1 aromatic carbocycles. The van der Waals surface area contributed by atoms with Crippen molar-refractivity contribution < 1.29 is 13.7 Å². The van der Waals surface area contributed by atoms with Crippen LogP contribution in [-0.2, 0) is 14.5 Å². The smallest absolute Gasteiger partial charge is 0.337 e. The summed E-state index contributed by atoms with van der Waals surface area (Å²) in [4.78, 5) is 11.5. The SMILES string of the molecule is COC(=O)c1ccc2c(c1)C1CCCS1(=O)=N2. The standard InChI is InChI=1S/C12H13NO3S/c1-16-12(14)8-4-5-10-9(7-8)11-3-2-6-17(11,15)13-10/h4-5,7,11H,2-3,6H2,1H3. The average Bonchev–Trinajstić information content (AvgIpc) is 2.81. The number of methoxy groups -OCH3 is 1. The summed E-state index contributed by atoms with van der Waals surface area (Å²) in [5.74, 6) is 0.323. The number of hydrogen-bond donors (Lipinski definition) is 0. The number of hydrogen-bond acceptors (Lipinski definition) is 4. The van der Waals surface area contributed by atoms with E-state index in [0.717, 1.165) is 24.1 Å². The molecule has 1 fully saturated rings. The summed E-state index contributed by atoms with van der Waals surface area (Å²) in [6, 6.07) is 5.23. The molecule has 0 aliphatic carbocycles. The van der Waals surface area contributed by atoms with E-state index < -0.39 is 9.73 Å². The summed E-state index contributed by atoms with van der Waals surface area (Å²) >= 11 is 0. The monoisotopic (exact) mass is 251 g/mol. The van der Waals surface area contributed by atoms with Gasteiger partial charge < -0.3 is 4.74 Å². The fraction of sp³-hybridized carbons (Fsp3) is 0.417. The molecule has 3 rings (SSSR count). The first-order valence-corrected chi connectivity index (χ1v) is 7.35. The van der Waals surface area contributed by atoms with E-state index in [2.05, 4.69) is 4.36 Å². The second-order valence-electron chi connectivity index (χ2n) is 4.38. The first-order chi connectivity index (χ1) is 8.14. The van der Waals surface area contributed by atoms with Crippen LogP contribution in [0.3, 0.4) is 0 Å². The fourth-order valence-corrected chi connectivity index (χ4v) is 5.28. The molecule has 0 N–H and O–H groups in total. The van der Waals surface area contributed by atoms with E-state index in [4.69, 9.17) is 4.74 Å². The van der Waals surface area contributed by atoms with Gasteiger partial charge in [0.15, 0.2) is 0 Å². The Balaban J connectivity index is 2.11. The molecule has 0 spiro atoms. The normalized spacial score (nSPS) is 29.4. The number of nitrogens with zero attached hydrogens (tertiary/aromatic N) is 1. The summed E-state index contributed by atoms with van der Waals surface area (Å²) < 4.78 is 21.5. The van der Waals surface area contributed by atoms with Crippen LogP contribution >= 0.6 is 0 Å². The fourth-order valence-electron chi connectivity index (χ4n) is 2.57. The maximum Gasteiger partial charge on any atom is 0.337 e. The quantitative estimate of drug-likeness (QED) is 0.720. The molecule has 1 saturated heterocycles. The van der Waals surface area contributed by atoms with Crippen LogP contribution < -0.4 is 0 Å². The molecule has 0 bridgehead atoms. The molecule has 90 valence electrons. The maximum atomic E-state index is 12.5. The highest BCUT2D eigenvalue weighted by Gasteiger charge is 2.37. The van der Waals surface area contributed by atoms with Crippen molar-refractivity contribution in [1.29, 1.82) is 0 Å². The second-order valence-corrected chi connectivity index (χ2v) is 6.92. The molecule has 2 atom stereocenters. The first kappa shape index (κ1) is 10.8. The zero-order chi connectivity index (χ0) is 12.0. The Morgan fingerprint density at radius 2 is 2.35 bits per heavy atom. The van der Waals surface area contributed by atoms with Gasteiger partial charge in [0.1, 0.15) is 0 Å². The number of esters is 1. The van der Waals surface area contributed by atoms with Crippen LogP contribution in [0.2, 0.25) is 0 Å². The lowest BCUT2D eigenvalue weighted by molar-refractivity contribution is 0.0600. The van der Waals surface area contributed by atoms with Crippen LogP contribution in [0.5, 0.6) is 0 Å². The van der Waals surface area contributed by atoms with E-state index in [-0.39, 0.29) is 11.2 Å². The second kappa shape index (κ2) is 3.57. The van der Waals surface area contributed by atoms with Gasteiger partial charge in [0, 0.05) is 5.75 Å². The van der Waals surface area contributed by atoms with Gasteiger partial charge in [-0.25, -0.2) is 9.00 Å². The van der Waals surface area contributed by atoms with Crippen LogP contribution in [0, 0.1) is 0 Å². The Kier molecular flexibility index (Phi) is 2.26. The highest BCUT2D eigenvalue weighted by atomic mass is 32.2. The summed E-state index contributed by atoms with van der Waals surface area (Å²) in [5, 5.41) is 0.0158. The molecule has 2 unspecified atom stereocenters. The Morgan fingerprint density at radius 1 is 1.53 bits per heavy atom. The lowest BCUT2D eigenvalue weighted by Gasteiger charge is -2.07. The van der Waals surface area contributed by atoms with E-state index in [9.17, 15) is 9.00 Å². The summed E-state index contributed by atoms with van der Waals surface area (Å²) in [5.41, 5.74) is 2.25. The van der Waals surface area contributed by atoms with Gasteiger partial charge in [0.25, 0.3) is 0 Å². The Morgan fingerprint density at radius 3 is 3.12 bits per heavy atom. The van der Waals surface area contributed by atoms with E-state index >= 15 is 0 Å². The van der Waals surface area contributed by atoms with E-state index in [1.165, 1.54) is 7.11 Å². The van der Waals surface area contributed by atoms with Gasteiger partial charge in [0.05, 0.1) is 33.3 Å². The molecule has 0 aromatic heterocycles. The van der Waals surface area contributed by atoms with Gasteiger partial charge in [-0.1, -0.05) is 0 Å². The minimum atomic E-state index is -2.09. The van der Waals surface area contributed by atoms with E-state index in [0.29, 0.717) is 11.3 Å². The minimum absolute atomic E-state index is 0.0158. The number of fused-ring (bicyclic) bond motifs is 3. The van der Waals surface area contributed by atoms with E-state index in [1.54, 1.807) is 18.2 Å². The van der Waals surface area contributed by atoms with E-state index in [1.807, 2.05) is 0 Å². The zero-order valence-corrected chi connectivity index (χ0v) is 10.3. The Bertz CT molecular complexity index is 614. The highest BCUT2D eigenvalue weighted by Crippen LogP contribution is 2.47. The zero-order valence-electron chi connectivity index (χ0n) is 9.51. The number of carbonyl (C=O) groups is 1. The van der Waals surface area contributed by atoms with Crippen molar-refractivity contribution in [3.05, 3.63) is 29.3 Å². The molecular weight excluding hydrogens is 238 g/mol. The van der Waals surface area contributed by atoms with Gasteiger partial charge in [-0.2, -0.15) is 4.36 Å². The predicted molar refractivity (Wildman–Crippen MR) is 64.9 cm³/mol. The molecule has 0 saturated carbocycles.